The molecule has 7 heteroatoms. The van der Waals surface area contributed by atoms with Gasteiger partial charge < -0.3 is 5.32 Å². The van der Waals surface area contributed by atoms with E-state index in [9.17, 15) is 4.79 Å². The van der Waals surface area contributed by atoms with Crippen LogP contribution in [0.1, 0.15) is 11.3 Å². The fourth-order valence-corrected chi connectivity index (χ4v) is 2.95. The number of halogens is 1. The van der Waals surface area contributed by atoms with Gasteiger partial charge in [0.15, 0.2) is 5.13 Å². The van der Waals surface area contributed by atoms with Crippen LogP contribution in [0, 0.1) is 6.92 Å². The average molecular weight is 321 g/mol. The molecule has 0 aliphatic heterocycles. The van der Waals surface area contributed by atoms with Gasteiger partial charge in [0.05, 0.1) is 23.3 Å². The molecular weight excluding hydrogens is 308 g/mol. The number of hydrogen-bond donors (Lipinski definition) is 1. The lowest BCUT2D eigenvalue weighted by Gasteiger charge is -2.04. The van der Waals surface area contributed by atoms with Crippen molar-refractivity contribution in [2.75, 3.05) is 5.32 Å². The number of benzene rings is 1. The van der Waals surface area contributed by atoms with Crippen molar-refractivity contribution < 1.29 is 4.79 Å². The number of nitrogens with one attached hydrogen (secondary N) is 1. The van der Waals surface area contributed by atoms with Gasteiger partial charge in [-0.25, -0.2) is 4.98 Å². The Morgan fingerprint density at radius 3 is 3.05 bits per heavy atom. The van der Waals surface area contributed by atoms with Crippen LogP contribution in [0.2, 0.25) is 5.02 Å². The quantitative estimate of drug-likeness (QED) is 0.800. The van der Waals surface area contributed by atoms with E-state index in [1.807, 2.05) is 25.1 Å². The lowest BCUT2D eigenvalue weighted by atomic mass is 10.2. The Bertz CT molecular complexity index is 795. The molecule has 0 aliphatic rings. The van der Waals surface area contributed by atoms with E-state index in [0.717, 1.165) is 15.8 Å². The second-order valence-corrected chi connectivity index (χ2v) is 6.26. The van der Waals surface area contributed by atoms with Crippen molar-refractivity contribution in [3.05, 3.63) is 40.5 Å². The first kappa shape index (κ1) is 14.0. The van der Waals surface area contributed by atoms with Crippen LogP contribution in [0.3, 0.4) is 0 Å². The predicted molar refractivity (Wildman–Crippen MR) is 84.8 cm³/mol. The lowest BCUT2D eigenvalue weighted by Crippen LogP contribution is -2.14. The van der Waals surface area contributed by atoms with Gasteiger partial charge in [-0.15, -0.1) is 11.3 Å². The number of thiazole rings is 1. The summed E-state index contributed by atoms with van der Waals surface area (Å²) in [5.74, 6) is -0.0740. The van der Waals surface area contributed by atoms with Gasteiger partial charge in [-0.1, -0.05) is 17.7 Å². The summed E-state index contributed by atoms with van der Waals surface area (Å²) in [7, 11) is 0. The molecule has 108 valence electrons. The topological polar surface area (TPSA) is 59.8 Å². The highest BCUT2D eigenvalue weighted by Crippen LogP contribution is 2.23. The molecule has 0 saturated carbocycles. The molecule has 1 N–H and O–H groups in total. The van der Waals surface area contributed by atoms with Crippen LogP contribution in [0.4, 0.5) is 5.13 Å². The Labute approximate surface area is 130 Å². The van der Waals surface area contributed by atoms with Crippen LogP contribution < -0.4 is 5.32 Å². The number of carbonyl (C=O) groups excluding carboxylic acids is 1. The van der Waals surface area contributed by atoms with Gasteiger partial charge in [-0.05, 0) is 19.1 Å². The van der Waals surface area contributed by atoms with E-state index in [1.165, 1.54) is 11.3 Å². The predicted octanol–water partition coefficient (Wildman–Crippen LogP) is 3.48. The van der Waals surface area contributed by atoms with E-state index < -0.39 is 0 Å². The molecule has 0 radical (unpaired) electrons. The van der Waals surface area contributed by atoms with Crippen molar-refractivity contribution in [3.63, 3.8) is 0 Å². The number of hydrogen-bond acceptors (Lipinski definition) is 4. The molecule has 0 spiro atoms. The Hall–Kier alpha value is -1.92. The third-order valence-corrected chi connectivity index (χ3v) is 4.21. The van der Waals surface area contributed by atoms with E-state index in [1.54, 1.807) is 17.1 Å². The van der Waals surface area contributed by atoms with Crippen LogP contribution in [-0.2, 0) is 11.3 Å². The van der Waals surface area contributed by atoms with Crippen molar-refractivity contribution in [2.24, 2.45) is 0 Å². The third kappa shape index (κ3) is 3.06. The maximum absolute atomic E-state index is 11.9. The Morgan fingerprint density at radius 1 is 1.43 bits per heavy atom. The molecule has 0 atom stereocenters. The fourth-order valence-electron chi connectivity index (χ4n) is 2.05. The van der Waals surface area contributed by atoms with Crippen molar-refractivity contribution in [1.29, 1.82) is 0 Å². The molecule has 3 rings (SSSR count). The number of fused-ring (bicyclic) bond motifs is 1. The fraction of sp³-hybridized carbons (Fsp3) is 0.214. The standard InChI is InChI=1S/C14H13ClN4OS/c1-9-7-16-14(21-9)18-13(20)5-6-19-12-4-2-3-11(15)10(12)8-17-19/h2-4,7-8H,5-6H2,1H3,(H,16,18,20). The molecule has 0 saturated heterocycles. The Balaban J connectivity index is 1.66. The van der Waals surface area contributed by atoms with Gasteiger partial charge in [0, 0.05) is 22.9 Å². The minimum atomic E-state index is -0.0740. The van der Waals surface area contributed by atoms with Crippen LogP contribution in [0.15, 0.2) is 30.6 Å². The summed E-state index contributed by atoms with van der Waals surface area (Å²) in [5, 5.41) is 9.26. The first-order valence-corrected chi connectivity index (χ1v) is 7.65. The molecule has 0 bridgehead atoms. The smallest absolute Gasteiger partial charge is 0.228 e. The number of aromatic nitrogens is 3. The van der Waals surface area contributed by atoms with E-state index in [4.69, 9.17) is 11.6 Å². The number of carbonyl (C=O) groups is 1. The summed E-state index contributed by atoms with van der Waals surface area (Å²) in [6.45, 7) is 2.45. The van der Waals surface area contributed by atoms with Gasteiger partial charge in [0.25, 0.3) is 0 Å². The summed E-state index contributed by atoms with van der Waals surface area (Å²) < 4.78 is 1.79. The highest BCUT2D eigenvalue weighted by molar-refractivity contribution is 7.15. The summed E-state index contributed by atoms with van der Waals surface area (Å²) in [6.07, 6.45) is 3.80. The molecule has 3 aromatic rings. The molecule has 2 aromatic heterocycles. The van der Waals surface area contributed by atoms with Gasteiger partial charge in [-0.2, -0.15) is 5.10 Å². The molecule has 1 aromatic carbocycles. The second kappa shape index (κ2) is 5.83. The zero-order valence-corrected chi connectivity index (χ0v) is 12.9. The SMILES string of the molecule is Cc1cnc(NC(=O)CCn2ncc3c(Cl)cccc32)s1. The zero-order chi connectivity index (χ0) is 14.8. The average Bonchev–Trinajstić information content (AvgIpc) is 3.04. The number of amides is 1. The van der Waals surface area contributed by atoms with Crippen molar-refractivity contribution in [3.8, 4) is 0 Å². The summed E-state index contributed by atoms with van der Waals surface area (Å²) in [6, 6.07) is 5.64. The minimum absolute atomic E-state index is 0.0740. The maximum Gasteiger partial charge on any atom is 0.228 e. The van der Waals surface area contributed by atoms with Gasteiger partial charge in [0.1, 0.15) is 0 Å². The molecular formula is C14H13ClN4OS. The Kier molecular flexibility index (Phi) is 3.90. The lowest BCUT2D eigenvalue weighted by molar-refractivity contribution is -0.116. The van der Waals surface area contributed by atoms with Gasteiger partial charge in [-0.3, -0.25) is 9.48 Å². The number of aryl methyl sites for hydroxylation is 2. The first-order chi connectivity index (χ1) is 10.1. The van der Waals surface area contributed by atoms with E-state index in [2.05, 4.69) is 15.4 Å². The molecule has 5 nitrogen and oxygen atoms in total. The number of nitrogens with zero attached hydrogens (tertiary/aromatic N) is 3. The van der Waals surface area contributed by atoms with Gasteiger partial charge in [0.2, 0.25) is 5.91 Å². The maximum atomic E-state index is 11.9. The molecule has 0 fully saturated rings. The van der Waals surface area contributed by atoms with Crippen LogP contribution in [0.25, 0.3) is 10.9 Å². The molecule has 2 heterocycles. The number of rotatable bonds is 4. The largest absolute Gasteiger partial charge is 0.302 e. The Morgan fingerprint density at radius 2 is 2.29 bits per heavy atom. The molecule has 21 heavy (non-hydrogen) atoms. The molecule has 0 aliphatic carbocycles. The van der Waals surface area contributed by atoms with Crippen LogP contribution in [0.5, 0.6) is 0 Å². The second-order valence-electron chi connectivity index (χ2n) is 4.61. The van der Waals surface area contributed by atoms with E-state index in [0.29, 0.717) is 23.1 Å². The first-order valence-electron chi connectivity index (χ1n) is 6.46. The minimum Gasteiger partial charge on any atom is -0.302 e. The summed E-state index contributed by atoms with van der Waals surface area (Å²) in [5.41, 5.74) is 0.931. The van der Waals surface area contributed by atoms with Crippen molar-refractivity contribution in [1.82, 2.24) is 14.8 Å². The zero-order valence-electron chi connectivity index (χ0n) is 11.3. The van der Waals surface area contributed by atoms with E-state index in [-0.39, 0.29) is 5.91 Å². The molecule has 0 unspecified atom stereocenters. The van der Waals surface area contributed by atoms with Crippen molar-refractivity contribution in [2.45, 2.75) is 19.9 Å². The number of anilines is 1. The van der Waals surface area contributed by atoms with Gasteiger partial charge >= 0.3 is 0 Å². The monoisotopic (exact) mass is 320 g/mol. The van der Waals surface area contributed by atoms with Crippen LogP contribution in [-0.4, -0.2) is 20.7 Å². The summed E-state index contributed by atoms with van der Waals surface area (Å²) in [4.78, 5) is 17.1. The summed E-state index contributed by atoms with van der Waals surface area (Å²) >= 11 is 7.56. The highest BCUT2D eigenvalue weighted by Gasteiger charge is 2.09. The van der Waals surface area contributed by atoms with Crippen LogP contribution >= 0.6 is 22.9 Å². The van der Waals surface area contributed by atoms with E-state index >= 15 is 0 Å². The van der Waals surface area contributed by atoms with Crippen molar-refractivity contribution >= 4 is 44.9 Å². The third-order valence-electron chi connectivity index (χ3n) is 3.05. The normalized spacial score (nSPS) is 11.0. The molecule has 1 amide bonds. The highest BCUT2D eigenvalue weighted by atomic mass is 35.5.